The number of carbonyl (C=O) groups excluding carboxylic acids is 3. The number of phenols is 2. The lowest BCUT2D eigenvalue weighted by atomic mass is 9.78. The van der Waals surface area contributed by atoms with E-state index in [-0.39, 0.29) is 67.9 Å². The molecule has 0 aromatic heterocycles. The Kier molecular flexibility index (Phi) is 14.3. The molecule has 7 aliphatic rings. The van der Waals surface area contributed by atoms with Gasteiger partial charge in [0.2, 0.25) is 0 Å². The summed E-state index contributed by atoms with van der Waals surface area (Å²) >= 11 is 0. The first-order chi connectivity index (χ1) is 32.7. The van der Waals surface area contributed by atoms with Crippen molar-refractivity contribution in [1.82, 2.24) is 10.2 Å². The summed E-state index contributed by atoms with van der Waals surface area (Å²) in [6.45, 7) is 18.4. The van der Waals surface area contributed by atoms with Gasteiger partial charge in [0.05, 0.1) is 53.4 Å². The van der Waals surface area contributed by atoms with Crippen molar-refractivity contribution in [2.75, 3.05) is 32.1 Å². The average molecular weight is 958 g/mol. The van der Waals surface area contributed by atoms with E-state index < -0.39 is 83.1 Å². The molecule has 2 amide bonds. The fourth-order valence-electron chi connectivity index (χ4n) is 11.3. The molecular weight excluding hydrogens is 887 g/mol. The lowest BCUT2D eigenvalue weighted by molar-refractivity contribution is -0.114. The number of rotatable bonds is 5. The van der Waals surface area contributed by atoms with Crippen LogP contribution in [0.5, 0.6) is 17.2 Å². The van der Waals surface area contributed by atoms with Gasteiger partial charge in [-0.25, -0.2) is 9.79 Å². The van der Waals surface area contributed by atoms with Crippen LogP contribution >= 0.6 is 0 Å². The van der Waals surface area contributed by atoms with Crippen molar-refractivity contribution in [1.29, 1.82) is 0 Å². The van der Waals surface area contributed by atoms with Crippen LogP contribution in [0.1, 0.15) is 110 Å². The predicted molar refractivity (Wildman–Crippen MR) is 256 cm³/mol. The normalized spacial score (nSPS) is 35.4. The van der Waals surface area contributed by atoms with Gasteiger partial charge in [0, 0.05) is 92.7 Å². The van der Waals surface area contributed by atoms with E-state index in [1.165, 1.54) is 20.3 Å². The van der Waals surface area contributed by atoms with Crippen LogP contribution < -0.4 is 26.1 Å². The van der Waals surface area contributed by atoms with E-state index in [0.717, 1.165) is 32.5 Å². The number of allylic oxidation sites excluding steroid dienone is 2. The second kappa shape index (κ2) is 19.6. The third-order valence-electron chi connectivity index (χ3n) is 15.5. The highest BCUT2D eigenvalue weighted by Crippen LogP contribution is 2.51. The lowest BCUT2D eigenvalue weighted by Crippen LogP contribution is -2.49. The number of Topliss-reactive ketones (excluding diaryl/α,β-unsaturated/α-hetero) is 1. The molecule has 3 fully saturated rings. The summed E-state index contributed by atoms with van der Waals surface area (Å²) in [5.41, 5.74) is -0.132. The summed E-state index contributed by atoms with van der Waals surface area (Å²) in [6.07, 6.45) is 7.69. The van der Waals surface area contributed by atoms with Crippen molar-refractivity contribution in [3.05, 3.63) is 58.0 Å². The van der Waals surface area contributed by atoms with Crippen molar-refractivity contribution in [2.45, 2.75) is 155 Å². The van der Waals surface area contributed by atoms with Gasteiger partial charge in [-0.1, -0.05) is 59.8 Å². The maximum absolute atomic E-state index is 14.9. The highest BCUT2D eigenvalue weighted by molar-refractivity contribution is 6.21. The van der Waals surface area contributed by atoms with Gasteiger partial charge in [-0.05, 0) is 51.5 Å². The lowest BCUT2D eigenvalue weighted by Gasteiger charge is -2.38. The van der Waals surface area contributed by atoms with Crippen molar-refractivity contribution in [2.24, 2.45) is 39.6 Å². The number of anilines is 1. The van der Waals surface area contributed by atoms with E-state index in [2.05, 4.69) is 34.4 Å². The van der Waals surface area contributed by atoms with Crippen LogP contribution in [0.15, 0.2) is 46.1 Å². The number of nitrogens with zero attached hydrogens (tertiary/aromatic N) is 3. The summed E-state index contributed by atoms with van der Waals surface area (Å²) < 4.78 is 30.7. The summed E-state index contributed by atoms with van der Waals surface area (Å²) in [5.74, 6) is -6.22. The van der Waals surface area contributed by atoms with Crippen LogP contribution in [0.3, 0.4) is 0 Å². The first-order valence-electron chi connectivity index (χ1n) is 24.7. The van der Waals surface area contributed by atoms with Gasteiger partial charge in [0.25, 0.3) is 11.7 Å². The van der Waals surface area contributed by atoms with E-state index in [9.17, 15) is 34.8 Å². The Bertz CT molecular complexity index is 2560. The smallest absolute Gasteiger partial charge is 0.407 e. The minimum absolute atomic E-state index is 0.0511. The third kappa shape index (κ3) is 9.61. The molecule has 7 bridgehead atoms. The molecule has 17 nitrogen and oxygen atoms in total. The number of ketones is 1. The van der Waals surface area contributed by atoms with Gasteiger partial charge < -0.3 is 59.6 Å². The summed E-state index contributed by atoms with van der Waals surface area (Å²) in [4.78, 5) is 54.6. The Morgan fingerprint density at radius 3 is 2.29 bits per heavy atom. The quantitative estimate of drug-likeness (QED) is 0.200. The van der Waals surface area contributed by atoms with Crippen molar-refractivity contribution < 1.29 is 58.5 Å². The fraction of sp³-hybridized carbons (Fsp3) is 0.635. The van der Waals surface area contributed by atoms with Gasteiger partial charge in [-0.15, -0.1) is 0 Å². The highest BCUT2D eigenvalue weighted by Gasteiger charge is 2.51. The first-order valence-corrected chi connectivity index (χ1v) is 24.7. The summed E-state index contributed by atoms with van der Waals surface area (Å²) in [5, 5.41) is 54.4. The van der Waals surface area contributed by atoms with E-state index in [1.54, 1.807) is 58.9 Å². The molecule has 2 aromatic carbocycles. The van der Waals surface area contributed by atoms with Crippen LogP contribution in [0.25, 0.3) is 10.8 Å². The minimum Gasteiger partial charge on any atom is -0.507 e. The number of hydrogen-bond donors (Lipinski definition) is 6. The topological polar surface area (TPSA) is 230 Å². The van der Waals surface area contributed by atoms with Gasteiger partial charge in [0.15, 0.2) is 5.75 Å². The number of aliphatic hydroxyl groups is 2. The van der Waals surface area contributed by atoms with Crippen molar-refractivity contribution in [3.8, 4) is 17.2 Å². The van der Waals surface area contributed by atoms with Crippen LogP contribution in [0, 0.1) is 36.5 Å². The van der Waals surface area contributed by atoms with Gasteiger partial charge in [0.1, 0.15) is 34.0 Å². The molecule has 6 N–H and O–H groups in total. The Balaban J connectivity index is 1.21. The number of fused-ring (bicyclic) bond motifs is 15. The van der Waals surface area contributed by atoms with Crippen molar-refractivity contribution in [3.63, 3.8) is 0 Å². The van der Waals surface area contributed by atoms with E-state index in [1.807, 2.05) is 6.92 Å². The van der Waals surface area contributed by atoms with Gasteiger partial charge >= 0.3 is 11.9 Å². The second-order valence-electron chi connectivity index (χ2n) is 21.0. The number of aliphatic hydroxyl groups excluding tert-OH is 2. The highest BCUT2D eigenvalue weighted by atomic mass is 16.7. The monoisotopic (exact) mass is 958 g/mol. The minimum atomic E-state index is -1.98. The third-order valence-corrected chi connectivity index (χ3v) is 15.5. The van der Waals surface area contributed by atoms with Crippen LogP contribution in [-0.2, 0) is 23.7 Å². The number of amides is 2. The number of phenolic OH excluding ortho intramolecular Hbond substituents is 2. The van der Waals surface area contributed by atoms with Crippen LogP contribution in [0.4, 0.5) is 10.5 Å². The molecule has 11 atom stereocenters. The molecule has 376 valence electrons. The number of ether oxygens (including phenoxy) is 5. The number of alkyl carbamates (subject to hydrolysis) is 1. The Hall–Kier alpha value is -5.07. The molecule has 0 radical (unpaired) electrons. The number of likely N-dealkylation sites (tertiary alicyclic amines) is 1. The van der Waals surface area contributed by atoms with Crippen LogP contribution in [-0.4, -0.2) is 124 Å². The molecule has 17 heteroatoms. The fourth-order valence-corrected chi connectivity index (χ4v) is 11.3. The molecule has 2 aromatic rings. The predicted octanol–water partition coefficient (Wildman–Crippen LogP) is 5.62. The molecule has 69 heavy (non-hydrogen) atoms. The molecule has 9 rings (SSSR count). The molecular formula is C52H71N5O12. The van der Waals surface area contributed by atoms with E-state index in [0.29, 0.717) is 37.3 Å². The number of aromatic hydroxyl groups is 2. The summed E-state index contributed by atoms with van der Waals surface area (Å²) in [6, 6.07) is -0.141. The number of methoxy groups -OCH3 is 1. The maximum atomic E-state index is 14.9. The summed E-state index contributed by atoms with van der Waals surface area (Å²) in [7, 11) is 1.49. The number of piperidine rings is 1. The van der Waals surface area contributed by atoms with Gasteiger partial charge in [-0.3, -0.25) is 14.6 Å². The molecule has 7 aliphatic heterocycles. The maximum Gasteiger partial charge on any atom is 0.407 e. The largest absolute Gasteiger partial charge is 0.507 e. The zero-order valence-electron chi connectivity index (χ0n) is 41.6. The number of benzene rings is 2. The molecule has 7 heterocycles. The Morgan fingerprint density at radius 2 is 1.64 bits per heavy atom. The van der Waals surface area contributed by atoms with E-state index in [4.69, 9.17) is 28.7 Å². The van der Waals surface area contributed by atoms with Crippen LogP contribution in [0.2, 0.25) is 0 Å². The standard InChI is InChI=1S/C52H71N5O12/c1-25(2)24-57-19-17-52(18-20-57)55-39-36-37-44(60)31(8)47-38(36)48(62)51(9,69-47)66-21-16-35(65-10)28(5)46(68-50(64)53-32-22-33-14-15-34(23-32)67-33)30(7)43(59)29(6)42(58)26(3)12-11-13-27(4)49(63)54-41(45(37)61)40(39)56-52/h11-13,16,21,25-26,28-30,32-35,42-43,46,55,58-61H,14-15,17-20,22-24H2,1-10H3,(H,53,64)/b12-11+,21-16+,27-13-,54-41?/t26-,28+,29+,30+,32?,33?,34?,35-,42-,43+,46+,51-/m0/s1. The number of nitrogens with one attached hydrogen (secondary N) is 2. The number of hydrogen-bond acceptors (Lipinski definition) is 15. The number of carbonyl (C=O) groups is 3. The zero-order chi connectivity index (χ0) is 49.9. The molecule has 0 saturated carbocycles. The molecule has 2 unspecified atom stereocenters. The molecule has 1 spiro atoms. The molecule has 0 aliphatic carbocycles. The second-order valence-corrected chi connectivity index (χ2v) is 21.0. The average Bonchev–Trinajstić information content (AvgIpc) is 3.95. The Labute approximate surface area is 403 Å². The van der Waals surface area contributed by atoms with Gasteiger partial charge in [-0.2, -0.15) is 0 Å². The SMILES string of the molecule is CO[C@H]1/C=C/O[C@@]2(C)Oc3c(C)c(O)c4c(O)c(c5c(c4c3C2=O)NC2(CCN(CC(C)C)CC2)N=5)=NC(=O)/C(C)=C\C=C\[C@H](C)[C@H](O)[C@@H](C)[C@@H](O)[C@@H](C)[C@H](OC(=O)NC2CC3CCC(C2)O3)[C@@H]1C. The van der Waals surface area contributed by atoms with Crippen molar-refractivity contribution >= 4 is 34.2 Å². The zero-order valence-corrected chi connectivity index (χ0v) is 41.6. The Morgan fingerprint density at radius 1 is 0.957 bits per heavy atom. The molecule has 3 saturated heterocycles. The first kappa shape index (κ1) is 50.3. The van der Waals surface area contributed by atoms with E-state index >= 15 is 0 Å².